The highest BCUT2D eigenvalue weighted by Gasteiger charge is 2.52. The van der Waals surface area contributed by atoms with E-state index in [9.17, 15) is 9.90 Å². The van der Waals surface area contributed by atoms with Crippen LogP contribution >= 0.6 is 0 Å². The molecule has 0 aromatic carbocycles. The number of aryl methyl sites for hydroxylation is 1. The maximum Gasteiger partial charge on any atom is 0.371 e. The van der Waals surface area contributed by atoms with Crippen LogP contribution in [-0.4, -0.2) is 16.5 Å². The van der Waals surface area contributed by atoms with Gasteiger partial charge < -0.3 is 9.84 Å². The second kappa shape index (κ2) is 3.95. The van der Waals surface area contributed by atoms with E-state index in [2.05, 4.69) is 13.8 Å². The predicted octanol–water partition coefficient (Wildman–Crippen LogP) is 2.07. The van der Waals surface area contributed by atoms with Gasteiger partial charge in [0.2, 0.25) is 0 Å². The van der Waals surface area contributed by atoms with Crippen molar-refractivity contribution in [3.8, 4) is 11.8 Å². The minimum absolute atomic E-state index is 0.0144. The van der Waals surface area contributed by atoms with Crippen LogP contribution in [0.15, 0.2) is 12.1 Å². The standard InChI is InChI=1S/C15H19NO3/c1-9-6-13(18)16-12-8-10(17)4-5-11(12)15(2,3)19-14(16)7-9/h6-7,11-12H,4-5,8H2,1-3H3/p+1/t11-,12?/m1/s1. The molecule has 2 aliphatic rings. The number of fused-ring (bicyclic) bond motifs is 3. The Kier molecular flexibility index (Phi) is 2.59. The topological polar surface area (TPSA) is 50.4 Å². The number of carbonyl (C=O) groups excluding carboxylic acids is 1. The van der Waals surface area contributed by atoms with Gasteiger partial charge in [-0.2, -0.15) is 0 Å². The Morgan fingerprint density at radius 2 is 2.16 bits per heavy atom. The van der Waals surface area contributed by atoms with Crippen LogP contribution < -0.4 is 9.30 Å². The Labute approximate surface area is 113 Å². The summed E-state index contributed by atoms with van der Waals surface area (Å²) in [5.41, 5.74) is 0.658. The number of nitrogens with zero attached hydrogens (tertiary/aromatic N) is 1. The fraction of sp³-hybridized carbons (Fsp3) is 0.600. The number of carbonyl (C=O) groups is 1. The number of aromatic nitrogens is 1. The summed E-state index contributed by atoms with van der Waals surface area (Å²) in [5.74, 6) is 1.39. The van der Waals surface area contributed by atoms with Gasteiger partial charge in [0.1, 0.15) is 11.4 Å². The second-order valence-electron chi connectivity index (χ2n) is 6.26. The molecule has 19 heavy (non-hydrogen) atoms. The summed E-state index contributed by atoms with van der Waals surface area (Å²) in [6.07, 6.45) is 1.94. The first-order chi connectivity index (χ1) is 8.88. The highest BCUT2D eigenvalue weighted by molar-refractivity contribution is 5.79. The number of pyridine rings is 1. The predicted molar refractivity (Wildman–Crippen MR) is 69.1 cm³/mol. The minimum Gasteiger partial charge on any atom is -0.460 e. The van der Waals surface area contributed by atoms with E-state index in [1.807, 2.05) is 13.0 Å². The molecule has 102 valence electrons. The third kappa shape index (κ3) is 1.90. The third-order valence-corrected chi connectivity index (χ3v) is 4.42. The Morgan fingerprint density at radius 3 is 2.89 bits per heavy atom. The number of ketones is 1. The highest BCUT2D eigenvalue weighted by atomic mass is 16.5. The largest absolute Gasteiger partial charge is 0.460 e. The Bertz CT molecular complexity index is 551. The fourth-order valence-electron chi connectivity index (χ4n) is 3.52. The van der Waals surface area contributed by atoms with Gasteiger partial charge in [-0.3, -0.25) is 4.79 Å². The van der Waals surface area contributed by atoms with E-state index in [4.69, 9.17) is 4.74 Å². The minimum atomic E-state index is -0.300. The van der Waals surface area contributed by atoms with Gasteiger partial charge in [-0.05, 0) is 32.8 Å². The van der Waals surface area contributed by atoms with E-state index in [-0.39, 0.29) is 29.2 Å². The van der Waals surface area contributed by atoms with Gasteiger partial charge in [-0.15, -0.1) is 4.57 Å². The van der Waals surface area contributed by atoms with E-state index >= 15 is 0 Å². The first kappa shape index (κ1) is 12.5. The molecule has 0 spiro atoms. The molecule has 2 heterocycles. The quantitative estimate of drug-likeness (QED) is 0.728. The van der Waals surface area contributed by atoms with E-state index in [0.29, 0.717) is 18.7 Å². The average Bonchev–Trinajstić information content (AvgIpc) is 2.25. The third-order valence-electron chi connectivity index (χ3n) is 4.42. The molecule has 4 nitrogen and oxygen atoms in total. The Hall–Kier alpha value is -1.58. The maximum absolute atomic E-state index is 11.8. The molecule has 1 N–H and O–H groups in total. The average molecular weight is 262 g/mol. The van der Waals surface area contributed by atoms with Gasteiger partial charge in [-0.1, -0.05) is 0 Å². The summed E-state index contributed by atoms with van der Waals surface area (Å²) in [4.78, 5) is 11.8. The lowest BCUT2D eigenvalue weighted by atomic mass is 9.73. The van der Waals surface area contributed by atoms with E-state index in [0.717, 1.165) is 12.0 Å². The van der Waals surface area contributed by atoms with Crippen molar-refractivity contribution in [2.45, 2.75) is 51.7 Å². The second-order valence-corrected chi connectivity index (χ2v) is 6.26. The zero-order valence-electron chi connectivity index (χ0n) is 11.6. The van der Waals surface area contributed by atoms with Crippen molar-refractivity contribution in [2.75, 3.05) is 0 Å². The number of hydrogen-bond acceptors (Lipinski definition) is 3. The van der Waals surface area contributed by atoms with Crippen LogP contribution in [0.5, 0.6) is 11.8 Å². The molecule has 2 atom stereocenters. The normalized spacial score (nSPS) is 28.3. The molecule has 4 heteroatoms. The van der Waals surface area contributed by atoms with Crippen molar-refractivity contribution < 1.29 is 19.2 Å². The number of hydrogen-bond donors (Lipinski definition) is 1. The van der Waals surface area contributed by atoms with Crippen LogP contribution in [0.4, 0.5) is 0 Å². The zero-order valence-corrected chi connectivity index (χ0v) is 11.6. The molecule has 1 unspecified atom stereocenters. The van der Waals surface area contributed by atoms with E-state index < -0.39 is 0 Å². The first-order valence-electron chi connectivity index (χ1n) is 6.84. The summed E-state index contributed by atoms with van der Waals surface area (Å²) in [6.45, 7) is 6.07. The van der Waals surface area contributed by atoms with Gasteiger partial charge in [0.25, 0.3) is 0 Å². The van der Waals surface area contributed by atoms with Crippen LogP contribution in [0.1, 0.15) is 44.7 Å². The lowest BCUT2D eigenvalue weighted by molar-refractivity contribution is -0.753. The van der Waals surface area contributed by atoms with Gasteiger partial charge in [0.05, 0.1) is 24.5 Å². The highest BCUT2D eigenvalue weighted by Crippen LogP contribution is 2.43. The molecular weight excluding hydrogens is 242 g/mol. The fourth-order valence-corrected chi connectivity index (χ4v) is 3.52. The summed E-state index contributed by atoms with van der Waals surface area (Å²) >= 11 is 0. The summed E-state index contributed by atoms with van der Waals surface area (Å²) in [5, 5.41) is 10.2. The van der Waals surface area contributed by atoms with Crippen molar-refractivity contribution in [1.82, 2.24) is 0 Å². The van der Waals surface area contributed by atoms with Crippen LogP contribution in [0.3, 0.4) is 0 Å². The molecule has 1 aromatic heterocycles. The molecule has 1 fully saturated rings. The lowest BCUT2D eigenvalue weighted by Crippen LogP contribution is -2.60. The van der Waals surface area contributed by atoms with E-state index in [1.165, 1.54) is 0 Å². The van der Waals surface area contributed by atoms with Crippen LogP contribution in [0, 0.1) is 12.8 Å². The molecular formula is C15H20NO3+. The molecule has 1 saturated carbocycles. The molecule has 0 saturated heterocycles. The zero-order chi connectivity index (χ0) is 13.8. The molecule has 1 aliphatic heterocycles. The van der Waals surface area contributed by atoms with Gasteiger partial charge in [0, 0.05) is 6.42 Å². The molecule has 3 rings (SSSR count). The summed E-state index contributed by atoms with van der Waals surface area (Å²) in [7, 11) is 0. The van der Waals surface area contributed by atoms with Gasteiger partial charge in [0.15, 0.2) is 6.04 Å². The number of ether oxygens (including phenoxy) is 1. The summed E-state index contributed by atoms with van der Waals surface area (Å²) in [6, 6.07) is 3.67. The molecule has 0 amide bonds. The van der Waals surface area contributed by atoms with Crippen LogP contribution in [-0.2, 0) is 4.79 Å². The van der Waals surface area contributed by atoms with Crippen molar-refractivity contribution in [3.05, 3.63) is 17.7 Å². The number of aromatic hydroxyl groups is 1. The Morgan fingerprint density at radius 1 is 1.42 bits per heavy atom. The smallest absolute Gasteiger partial charge is 0.371 e. The van der Waals surface area contributed by atoms with Gasteiger partial charge in [-0.25, -0.2) is 0 Å². The van der Waals surface area contributed by atoms with Crippen molar-refractivity contribution in [1.29, 1.82) is 0 Å². The molecule has 1 aromatic rings. The van der Waals surface area contributed by atoms with Crippen molar-refractivity contribution in [3.63, 3.8) is 0 Å². The molecule has 1 aliphatic carbocycles. The molecule has 0 radical (unpaired) electrons. The monoisotopic (exact) mass is 262 g/mol. The Balaban J connectivity index is 2.15. The van der Waals surface area contributed by atoms with Crippen LogP contribution in [0.25, 0.3) is 0 Å². The first-order valence-corrected chi connectivity index (χ1v) is 6.84. The van der Waals surface area contributed by atoms with Crippen molar-refractivity contribution >= 4 is 5.78 Å². The maximum atomic E-state index is 11.8. The van der Waals surface area contributed by atoms with Crippen LogP contribution in [0.2, 0.25) is 0 Å². The molecule has 0 bridgehead atoms. The summed E-state index contributed by atoms with van der Waals surface area (Å²) < 4.78 is 7.87. The SMILES string of the molecule is Cc1cc(O)[n+]2c(c1)OC(C)(C)[C@@H]1CCC(=O)CC12. The number of Topliss-reactive ketones (excluding diaryl/α,β-unsaturated/α-hetero) is 1. The number of rotatable bonds is 0. The van der Waals surface area contributed by atoms with E-state index in [1.54, 1.807) is 10.6 Å². The lowest BCUT2D eigenvalue weighted by Gasteiger charge is -2.42. The van der Waals surface area contributed by atoms with Crippen molar-refractivity contribution in [2.24, 2.45) is 5.92 Å². The van der Waals surface area contributed by atoms with Gasteiger partial charge >= 0.3 is 11.8 Å².